The summed E-state index contributed by atoms with van der Waals surface area (Å²) in [7, 11) is 0. The van der Waals surface area contributed by atoms with Gasteiger partial charge in [0, 0.05) is 30.9 Å². The van der Waals surface area contributed by atoms with E-state index < -0.39 is 35.2 Å². The number of carbonyl (C=O) groups is 2. The third-order valence-corrected chi connectivity index (χ3v) is 3.88. The van der Waals surface area contributed by atoms with E-state index in [0.29, 0.717) is 30.0 Å². The Kier molecular flexibility index (Phi) is 7.95. The molecule has 32 heavy (non-hydrogen) atoms. The van der Waals surface area contributed by atoms with Gasteiger partial charge in [-0.1, -0.05) is 6.07 Å². The zero-order valence-electron chi connectivity index (χ0n) is 16.7. The van der Waals surface area contributed by atoms with Crippen LogP contribution in [0.1, 0.15) is 24.5 Å². The molecule has 2 aromatic carbocycles. The average Bonchev–Trinajstić information content (AvgIpc) is 2.66. The van der Waals surface area contributed by atoms with E-state index >= 15 is 0 Å². The largest absolute Gasteiger partial charge is 0.493 e. The third kappa shape index (κ3) is 8.00. The summed E-state index contributed by atoms with van der Waals surface area (Å²) in [5.41, 5.74) is -3.17. The summed E-state index contributed by atoms with van der Waals surface area (Å²) in [5.74, 6) is 0.213. The minimum Gasteiger partial charge on any atom is -0.493 e. The van der Waals surface area contributed by atoms with Crippen molar-refractivity contribution < 1.29 is 40.7 Å². The van der Waals surface area contributed by atoms with E-state index in [0.717, 1.165) is 0 Å². The number of rotatable bonds is 7. The van der Waals surface area contributed by atoms with E-state index in [1.807, 2.05) is 5.32 Å². The van der Waals surface area contributed by atoms with Crippen LogP contribution in [0.2, 0.25) is 0 Å². The lowest BCUT2D eigenvalue weighted by Gasteiger charge is -2.15. The number of benzene rings is 2. The second-order valence-corrected chi connectivity index (χ2v) is 6.59. The standard InChI is InChI=1S/C20H19F6N3O3/c1-12(30)28-15-4-2-5-17(11-15)32-7-3-6-27-18(31)29-16-9-13(19(21,22)23)8-14(10-16)20(24,25)26/h2,4-5,8-11H,3,6-7H2,1H3,(H,28,30)(H2,27,29,31). The van der Waals surface area contributed by atoms with Gasteiger partial charge in [-0.15, -0.1) is 0 Å². The molecular formula is C20H19F6N3O3. The average molecular weight is 463 g/mol. The topological polar surface area (TPSA) is 79.5 Å². The van der Waals surface area contributed by atoms with E-state index in [1.165, 1.54) is 6.92 Å². The van der Waals surface area contributed by atoms with Crippen LogP contribution in [-0.2, 0) is 17.1 Å². The van der Waals surface area contributed by atoms with Crippen LogP contribution in [0.3, 0.4) is 0 Å². The summed E-state index contributed by atoms with van der Waals surface area (Å²) in [4.78, 5) is 22.9. The first-order chi connectivity index (χ1) is 14.8. The predicted molar refractivity (Wildman–Crippen MR) is 104 cm³/mol. The molecule has 174 valence electrons. The van der Waals surface area contributed by atoms with E-state index in [-0.39, 0.29) is 25.1 Å². The van der Waals surface area contributed by atoms with Gasteiger partial charge in [-0.25, -0.2) is 4.79 Å². The smallest absolute Gasteiger partial charge is 0.416 e. The Morgan fingerprint density at radius 2 is 1.50 bits per heavy atom. The van der Waals surface area contributed by atoms with Crippen molar-refractivity contribution in [3.63, 3.8) is 0 Å². The molecule has 2 aromatic rings. The molecule has 6 nitrogen and oxygen atoms in total. The number of amides is 3. The van der Waals surface area contributed by atoms with Crippen molar-refractivity contribution >= 4 is 23.3 Å². The van der Waals surface area contributed by atoms with Crippen molar-refractivity contribution in [3.8, 4) is 5.75 Å². The molecule has 0 bridgehead atoms. The van der Waals surface area contributed by atoms with Crippen molar-refractivity contribution in [2.75, 3.05) is 23.8 Å². The first kappa shape index (κ1) is 24.8. The van der Waals surface area contributed by atoms with Gasteiger partial charge in [0.05, 0.1) is 17.7 Å². The van der Waals surface area contributed by atoms with Crippen molar-refractivity contribution in [3.05, 3.63) is 53.6 Å². The highest BCUT2D eigenvalue weighted by molar-refractivity contribution is 5.89. The van der Waals surface area contributed by atoms with Crippen LogP contribution in [0, 0.1) is 0 Å². The van der Waals surface area contributed by atoms with Crippen molar-refractivity contribution in [1.82, 2.24) is 5.32 Å². The minimum absolute atomic E-state index is 0.0264. The molecule has 0 unspecified atom stereocenters. The molecule has 0 saturated heterocycles. The first-order valence-corrected chi connectivity index (χ1v) is 9.19. The number of urea groups is 1. The van der Waals surface area contributed by atoms with Crippen molar-refractivity contribution in [1.29, 1.82) is 0 Å². The lowest BCUT2D eigenvalue weighted by Crippen LogP contribution is -2.30. The lowest BCUT2D eigenvalue weighted by molar-refractivity contribution is -0.143. The number of alkyl halides is 6. The maximum Gasteiger partial charge on any atom is 0.416 e. The molecule has 0 fully saturated rings. The van der Waals surface area contributed by atoms with Gasteiger partial charge in [0.2, 0.25) is 5.91 Å². The third-order valence-electron chi connectivity index (χ3n) is 3.88. The Hall–Kier alpha value is -3.44. The van der Waals surface area contributed by atoms with Crippen LogP contribution in [0.4, 0.5) is 42.5 Å². The lowest BCUT2D eigenvalue weighted by atomic mass is 10.1. The number of halogens is 6. The number of ether oxygens (including phenoxy) is 1. The fourth-order valence-electron chi connectivity index (χ4n) is 2.53. The van der Waals surface area contributed by atoms with Crippen LogP contribution in [-0.4, -0.2) is 25.1 Å². The summed E-state index contributed by atoms with van der Waals surface area (Å²) in [6.07, 6.45) is -9.72. The zero-order chi connectivity index (χ0) is 23.9. The normalized spacial score (nSPS) is 11.6. The summed E-state index contributed by atoms with van der Waals surface area (Å²) in [6.45, 7) is 1.56. The van der Waals surface area contributed by atoms with E-state index in [9.17, 15) is 35.9 Å². The van der Waals surface area contributed by atoms with Crippen LogP contribution in [0.15, 0.2) is 42.5 Å². The van der Waals surface area contributed by atoms with Gasteiger partial charge in [-0.3, -0.25) is 4.79 Å². The fourth-order valence-corrected chi connectivity index (χ4v) is 2.53. The number of nitrogens with one attached hydrogen (secondary N) is 3. The summed E-state index contributed by atoms with van der Waals surface area (Å²) in [5, 5.41) is 6.88. The molecule has 0 aromatic heterocycles. The highest BCUT2D eigenvalue weighted by atomic mass is 19.4. The molecule has 0 atom stereocenters. The molecule has 0 saturated carbocycles. The Bertz CT molecular complexity index is 928. The Labute approximate surface area is 178 Å². The molecule has 0 aliphatic heterocycles. The Balaban J connectivity index is 1.86. The number of carbonyl (C=O) groups excluding carboxylic acids is 2. The van der Waals surface area contributed by atoms with Crippen molar-refractivity contribution in [2.24, 2.45) is 0 Å². The highest BCUT2D eigenvalue weighted by Crippen LogP contribution is 2.37. The summed E-state index contributed by atoms with van der Waals surface area (Å²) < 4.78 is 82.6. The van der Waals surface area contributed by atoms with Gasteiger partial charge in [-0.05, 0) is 36.8 Å². The highest BCUT2D eigenvalue weighted by Gasteiger charge is 2.37. The number of hydrogen-bond acceptors (Lipinski definition) is 3. The molecule has 0 heterocycles. The second kappa shape index (κ2) is 10.2. The molecule has 3 N–H and O–H groups in total. The molecular weight excluding hydrogens is 444 g/mol. The van der Waals surface area contributed by atoms with Crippen LogP contribution < -0.4 is 20.7 Å². The van der Waals surface area contributed by atoms with E-state index in [2.05, 4.69) is 10.6 Å². The number of hydrogen-bond donors (Lipinski definition) is 3. The zero-order valence-corrected chi connectivity index (χ0v) is 16.7. The first-order valence-electron chi connectivity index (χ1n) is 9.19. The molecule has 2 rings (SSSR count). The van der Waals surface area contributed by atoms with E-state index in [4.69, 9.17) is 4.74 Å². The molecule has 3 amide bonds. The summed E-state index contributed by atoms with van der Waals surface area (Å²) >= 11 is 0. The number of anilines is 2. The quantitative estimate of drug-likeness (QED) is 0.387. The molecule has 12 heteroatoms. The molecule has 0 aliphatic rings. The monoisotopic (exact) mass is 463 g/mol. The van der Waals surface area contributed by atoms with Crippen LogP contribution in [0.5, 0.6) is 5.75 Å². The van der Waals surface area contributed by atoms with Crippen molar-refractivity contribution in [2.45, 2.75) is 25.7 Å². The molecule has 0 radical (unpaired) electrons. The van der Waals surface area contributed by atoms with Gasteiger partial charge in [-0.2, -0.15) is 26.3 Å². The van der Waals surface area contributed by atoms with Gasteiger partial charge in [0.15, 0.2) is 0 Å². The van der Waals surface area contributed by atoms with Gasteiger partial charge in [0.25, 0.3) is 0 Å². The summed E-state index contributed by atoms with van der Waals surface area (Å²) in [6, 6.07) is 6.41. The maximum absolute atomic E-state index is 12.9. The van der Waals surface area contributed by atoms with Gasteiger partial charge in [0.1, 0.15) is 5.75 Å². The van der Waals surface area contributed by atoms with Gasteiger partial charge < -0.3 is 20.7 Å². The minimum atomic E-state index is -5.01. The Morgan fingerprint density at radius 3 is 2.06 bits per heavy atom. The molecule has 0 spiro atoms. The SMILES string of the molecule is CC(=O)Nc1cccc(OCCCNC(=O)Nc2cc(C(F)(F)F)cc(C(F)(F)F)c2)c1. The molecule has 0 aliphatic carbocycles. The second-order valence-electron chi connectivity index (χ2n) is 6.59. The fraction of sp³-hybridized carbons (Fsp3) is 0.300. The van der Waals surface area contributed by atoms with Gasteiger partial charge >= 0.3 is 18.4 Å². The van der Waals surface area contributed by atoms with Crippen LogP contribution in [0.25, 0.3) is 0 Å². The predicted octanol–water partition coefficient (Wildman–Crippen LogP) is 5.27. The maximum atomic E-state index is 12.9. The van der Waals surface area contributed by atoms with E-state index in [1.54, 1.807) is 24.3 Å². The van der Waals surface area contributed by atoms with Crippen LogP contribution >= 0.6 is 0 Å². The Morgan fingerprint density at radius 1 is 0.875 bits per heavy atom.